The van der Waals surface area contributed by atoms with Crippen molar-refractivity contribution in [2.45, 2.75) is 13.0 Å². The summed E-state index contributed by atoms with van der Waals surface area (Å²) >= 11 is 0. The molecule has 0 aromatic heterocycles. The van der Waals surface area contributed by atoms with Crippen molar-refractivity contribution in [3.05, 3.63) is 23.8 Å². The zero-order valence-electron chi connectivity index (χ0n) is 14.5. The molecule has 128 valence electrons. The Balaban J connectivity index is 1.92. The zero-order valence-corrected chi connectivity index (χ0v) is 14.5. The van der Waals surface area contributed by atoms with E-state index in [9.17, 15) is 0 Å². The molecule has 1 saturated heterocycles. The topological polar surface area (TPSA) is 55.3 Å². The molecule has 1 N–H and O–H groups in total. The highest BCUT2D eigenvalue weighted by atomic mass is 16.5. The molecule has 1 fully saturated rings. The second-order valence-corrected chi connectivity index (χ2v) is 5.70. The molecule has 2 rings (SSSR count). The van der Waals surface area contributed by atoms with Crippen LogP contribution in [-0.2, 0) is 11.3 Å². The van der Waals surface area contributed by atoms with Crippen molar-refractivity contribution in [1.29, 1.82) is 0 Å². The van der Waals surface area contributed by atoms with Crippen LogP contribution in [0.4, 0.5) is 0 Å². The third-order valence-corrected chi connectivity index (χ3v) is 4.03. The summed E-state index contributed by atoms with van der Waals surface area (Å²) in [6.07, 6.45) is 1.12. The normalized spacial score (nSPS) is 17.9. The summed E-state index contributed by atoms with van der Waals surface area (Å²) in [7, 11) is 7.14. The van der Waals surface area contributed by atoms with E-state index in [0.29, 0.717) is 12.5 Å². The summed E-state index contributed by atoms with van der Waals surface area (Å²) in [5, 5.41) is 3.39. The Bertz CT molecular complexity index is 528. The van der Waals surface area contributed by atoms with Gasteiger partial charge in [0, 0.05) is 39.7 Å². The summed E-state index contributed by atoms with van der Waals surface area (Å²) in [5.74, 6) is 2.93. The Hall–Kier alpha value is -1.95. The summed E-state index contributed by atoms with van der Waals surface area (Å²) < 4.78 is 16.0. The van der Waals surface area contributed by atoms with E-state index in [1.807, 2.05) is 18.2 Å². The van der Waals surface area contributed by atoms with Crippen molar-refractivity contribution in [2.75, 3.05) is 48.1 Å². The molecular formula is C17H27N3O3. The Morgan fingerprint density at radius 3 is 2.74 bits per heavy atom. The molecule has 1 aromatic carbocycles. The number of hydrogen-bond donors (Lipinski definition) is 1. The Morgan fingerprint density at radius 1 is 1.35 bits per heavy atom. The van der Waals surface area contributed by atoms with E-state index in [1.165, 1.54) is 0 Å². The number of nitrogens with zero attached hydrogens (tertiary/aromatic N) is 2. The SMILES string of the molecule is CN=C(NCc1ccc(OC)c(OC)c1)N(C)CC1CCOC1. The highest BCUT2D eigenvalue weighted by Crippen LogP contribution is 2.27. The van der Waals surface area contributed by atoms with E-state index < -0.39 is 0 Å². The summed E-state index contributed by atoms with van der Waals surface area (Å²) in [4.78, 5) is 6.51. The third-order valence-electron chi connectivity index (χ3n) is 4.03. The molecule has 1 heterocycles. The van der Waals surface area contributed by atoms with Gasteiger partial charge in [0.2, 0.25) is 0 Å². The molecule has 1 aliphatic heterocycles. The van der Waals surface area contributed by atoms with Gasteiger partial charge in [-0.2, -0.15) is 0 Å². The van der Waals surface area contributed by atoms with Gasteiger partial charge >= 0.3 is 0 Å². The van der Waals surface area contributed by atoms with Gasteiger partial charge in [-0.3, -0.25) is 4.99 Å². The molecule has 23 heavy (non-hydrogen) atoms. The molecule has 1 atom stereocenters. The smallest absolute Gasteiger partial charge is 0.193 e. The Kier molecular flexibility index (Phi) is 6.52. The maximum absolute atomic E-state index is 5.44. The van der Waals surface area contributed by atoms with Crippen molar-refractivity contribution in [3.8, 4) is 11.5 Å². The number of hydrogen-bond acceptors (Lipinski definition) is 4. The van der Waals surface area contributed by atoms with Crippen LogP contribution < -0.4 is 14.8 Å². The number of rotatable bonds is 6. The molecule has 6 heteroatoms. The van der Waals surface area contributed by atoms with Crippen molar-refractivity contribution in [1.82, 2.24) is 10.2 Å². The second-order valence-electron chi connectivity index (χ2n) is 5.70. The highest BCUT2D eigenvalue weighted by Gasteiger charge is 2.19. The van der Waals surface area contributed by atoms with Gasteiger partial charge in [-0.15, -0.1) is 0 Å². The lowest BCUT2D eigenvalue weighted by Crippen LogP contribution is -2.41. The first-order valence-corrected chi connectivity index (χ1v) is 7.88. The van der Waals surface area contributed by atoms with Crippen LogP contribution in [0.2, 0.25) is 0 Å². The maximum atomic E-state index is 5.44. The fourth-order valence-corrected chi connectivity index (χ4v) is 2.76. The minimum atomic E-state index is 0.583. The van der Waals surface area contributed by atoms with Crippen LogP contribution in [0.1, 0.15) is 12.0 Å². The number of guanidine groups is 1. The summed E-state index contributed by atoms with van der Waals surface area (Å²) in [5.41, 5.74) is 1.11. The van der Waals surface area contributed by atoms with Crippen LogP contribution in [0.5, 0.6) is 11.5 Å². The van der Waals surface area contributed by atoms with E-state index in [-0.39, 0.29) is 0 Å². The summed E-state index contributed by atoms with van der Waals surface area (Å²) in [6.45, 7) is 3.34. The molecule has 6 nitrogen and oxygen atoms in total. The Morgan fingerprint density at radius 2 is 2.13 bits per heavy atom. The molecule has 1 unspecified atom stereocenters. The van der Waals surface area contributed by atoms with Gasteiger partial charge in [0.25, 0.3) is 0 Å². The fourth-order valence-electron chi connectivity index (χ4n) is 2.76. The zero-order chi connectivity index (χ0) is 16.7. The highest BCUT2D eigenvalue weighted by molar-refractivity contribution is 5.79. The third kappa shape index (κ3) is 4.76. The second kappa shape index (κ2) is 8.62. The molecule has 0 aliphatic carbocycles. The first kappa shape index (κ1) is 17.4. The van der Waals surface area contributed by atoms with Crippen molar-refractivity contribution in [2.24, 2.45) is 10.9 Å². The molecule has 0 spiro atoms. The van der Waals surface area contributed by atoms with E-state index >= 15 is 0 Å². The Labute approximate surface area is 138 Å². The van der Waals surface area contributed by atoms with Crippen LogP contribution in [0, 0.1) is 5.92 Å². The predicted octanol–water partition coefficient (Wildman–Crippen LogP) is 1.75. The first-order valence-electron chi connectivity index (χ1n) is 7.88. The van der Waals surface area contributed by atoms with Gasteiger partial charge in [0.1, 0.15) is 0 Å². The first-order chi connectivity index (χ1) is 11.2. The van der Waals surface area contributed by atoms with Gasteiger partial charge in [-0.1, -0.05) is 6.07 Å². The fraction of sp³-hybridized carbons (Fsp3) is 0.588. The van der Waals surface area contributed by atoms with Crippen LogP contribution in [0.25, 0.3) is 0 Å². The molecule has 1 aromatic rings. The number of ether oxygens (including phenoxy) is 3. The molecule has 0 radical (unpaired) electrons. The standard InChI is InChI=1S/C17H27N3O3/c1-18-17(20(2)11-14-7-8-23-12-14)19-10-13-5-6-15(21-3)16(9-13)22-4/h5-6,9,14H,7-8,10-12H2,1-4H3,(H,18,19). The molecule has 1 aliphatic rings. The number of benzene rings is 1. The lowest BCUT2D eigenvalue weighted by Gasteiger charge is -2.24. The van der Waals surface area contributed by atoms with Crippen LogP contribution in [0.3, 0.4) is 0 Å². The molecular weight excluding hydrogens is 294 g/mol. The van der Waals surface area contributed by atoms with Gasteiger partial charge in [-0.05, 0) is 24.1 Å². The minimum absolute atomic E-state index is 0.583. The van der Waals surface area contributed by atoms with Gasteiger partial charge in [0.05, 0.1) is 20.8 Å². The lowest BCUT2D eigenvalue weighted by molar-refractivity contribution is 0.181. The maximum Gasteiger partial charge on any atom is 0.193 e. The number of methoxy groups -OCH3 is 2. The van der Waals surface area contributed by atoms with E-state index in [1.54, 1.807) is 21.3 Å². The van der Waals surface area contributed by atoms with Crippen LogP contribution in [-0.4, -0.2) is 58.9 Å². The molecule has 0 amide bonds. The average Bonchev–Trinajstić information content (AvgIpc) is 3.08. The van der Waals surface area contributed by atoms with Gasteiger partial charge in [-0.25, -0.2) is 0 Å². The molecule has 0 saturated carbocycles. The van der Waals surface area contributed by atoms with Gasteiger partial charge < -0.3 is 24.4 Å². The van der Waals surface area contributed by atoms with E-state index in [4.69, 9.17) is 14.2 Å². The largest absolute Gasteiger partial charge is 0.493 e. The van der Waals surface area contributed by atoms with Crippen molar-refractivity contribution in [3.63, 3.8) is 0 Å². The predicted molar refractivity (Wildman–Crippen MR) is 91.3 cm³/mol. The average molecular weight is 321 g/mol. The van der Waals surface area contributed by atoms with Crippen LogP contribution in [0.15, 0.2) is 23.2 Å². The number of nitrogens with one attached hydrogen (secondary N) is 1. The van der Waals surface area contributed by atoms with E-state index in [2.05, 4.69) is 22.3 Å². The van der Waals surface area contributed by atoms with Crippen molar-refractivity contribution >= 4 is 5.96 Å². The lowest BCUT2D eigenvalue weighted by atomic mass is 10.1. The monoisotopic (exact) mass is 321 g/mol. The quantitative estimate of drug-likeness (QED) is 0.639. The van der Waals surface area contributed by atoms with Gasteiger partial charge in [0.15, 0.2) is 17.5 Å². The minimum Gasteiger partial charge on any atom is -0.493 e. The summed E-state index contributed by atoms with van der Waals surface area (Å²) in [6, 6.07) is 5.91. The van der Waals surface area contributed by atoms with Crippen molar-refractivity contribution < 1.29 is 14.2 Å². The molecule has 0 bridgehead atoms. The van der Waals surface area contributed by atoms with E-state index in [0.717, 1.165) is 49.2 Å². The number of aliphatic imine (C=N–C) groups is 1. The van der Waals surface area contributed by atoms with Crippen LogP contribution >= 0.6 is 0 Å².